The monoisotopic (exact) mass is 279 g/mol. The van der Waals surface area contributed by atoms with Crippen LogP contribution in [0.25, 0.3) is 0 Å². The first-order valence-corrected chi connectivity index (χ1v) is 6.28. The molecule has 0 radical (unpaired) electrons. The van der Waals surface area contributed by atoms with E-state index in [2.05, 4.69) is 5.32 Å². The van der Waals surface area contributed by atoms with Crippen LogP contribution in [0.4, 0.5) is 5.69 Å². The van der Waals surface area contributed by atoms with Crippen LogP contribution >= 0.6 is 11.6 Å². The number of carbonyl (C=O) groups is 1. The van der Waals surface area contributed by atoms with Crippen LogP contribution in [-0.2, 0) is 5.88 Å². The molecule has 2 aromatic rings. The molecular weight excluding hydrogens is 266 g/mol. The number of hydrogen-bond acceptors (Lipinski definition) is 3. The minimum atomic E-state index is -0.301. The molecule has 0 atom stereocenters. The van der Waals surface area contributed by atoms with Crippen molar-refractivity contribution in [2.45, 2.75) is 12.8 Å². The number of hydrogen-bond donors (Lipinski definition) is 1. The summed E-state index contributed by atoms with van der Waals surface area (Å²) in [6.45, 7) is 1.78. The van der Waals surface area contributed by atoms with Gasteiger partial charge < -0.3 is 14.5 Å². The maximum atomic E-state index is 12.0. The third-order valence-corrected chi connectivity index (χ3v) is 3.02. The zero-order valence-corrected chi connectivity index (χ0v) is 11.5. The van der Waals surface area contributed by atoms with Gasteiger partial charge in [-0.15, -0.1) is 11.6 Å². The van der Waals surface area contributed by atoms with E-state index in [9.17, 15) is 4.79 Å². The molecule has 0 aliphatic rings. The Bertz CT molecular complexity index is 575. The number of ether oxygens (including phenoxy) is 1. The molecule has 4 nitrogen and oxygen atoms in total. The molecule has 1 amide bonds. The molecule has 19 heavy (non-hydrogen) atoms. The van der Waals surface area contributed by atoms with Crippen molar-refractivity contribution in [1.82, 2.24) is 0 Å². The molecule has 1 aromatic carbocycles. The molecule has 1 aromatic heterocycles. The highest BCUT2D eigenvalue weighted by Crippen LogP contribution is 2.19. The number of alkyl halides is 1. The molecule has 100 valence electrons. The largest absolute Gasteiger partial charge is 0.497 e. The van der Waals surface area contributed by atoms with E-state index in [0.717, 1.165) is 11.3 Å². The quantitative estimate of drug-likeness (QED) is 0.870. The Morgan fingerprint density at radius 2 is 2.05 bits per heavy atom. The van der Waals surface area contributed by atoms with Crippen LogP contribution in [0.3, 0.4) is 0 Å². The topological polar surface area (TPSA) is 51.5 Å². The molecule has 0 aliphatic carbocycles. The summed E-state index contributed by atoms with van der Waals surface area (Å²) in [5.41, 5.74) is 1.49. The predicted molar refractivity (Wildman–Crippen MR) is 73.9 cm³/mol. The summed E-state index contributed by atoms with van der Waals surface area (Å²) in [5, 5.41) is 2.74. The lowest BCUT2D eigenvalue weighted by Gasteiger charge is -2.04. The van der Waals surface area contributed by atoms with E-state index in [4.69, 9.17) is 20.8 Å². The van der Waals surface area contributed by atoms with Crippen molar-refractivity contribution in [1.29, 1.82) is 0 Å². The average molecular weight is 280 g/mol. The Morgan fingerprint density at radius 1 is 1.37 bits per heavy atom. The lowest BCUT2D eigenvalue weighted by molar-refractivity contribution is 0.0995. The fraction of sp³-hybridized carbons (Fsp3) is 0.214. The summed E-state index contributed by atoms with van der Waals surface area (Å²) in [6, 6.07) is 8.71. The van der Waals surface area contributed by atoms with Crippen LogP contribution < -0.4 is 10.1 Å². The van der Waals surface area contributed by atoms with E-state index >= 15 is 0 Å². The molecular formula is C14H14ClNO3. The van der Waals surface area contributed by atoms with E-state index in [-0.39, 0.29) is 11.7 Å². The van der Waals surface area contributed by atoms with Gasteiger partial charge in [-0.1, -0.05) is 0 Å². The predicted octanol–water partition coefficient (Wildman–Crippen LogP) is 3.59. The lowest BCUT2D eigenvalue weighted by atomic mass is 10.2. The Labute approximate surface area is 116 Å². The van der Waals surface area contributed by atoms with Gasteiger partial charge >= 0.3 is 0 Å². The van der Waals surface area contributed by atoms with Gasteiger partial charge in [0.1, 0.15) is 11.5 Å². The number of anilines is 1. The number of benzene rings is 1. The highest BCUT2D eigenvalue weighted by atomic mass is 35.5. The first-order chi connectivity index (χ1) is 9.13. The van der Waals surface area contributed by atoms with Crippen LogP contribution in [0, 0.1) is 6.92 Å². The van der Waals surface area contributed by atoms with E-state index < -0.39 is 0 Å². The highest BCUT2D eigenvalue weighted by Gasteiger charge is 2.14. The van der Waals surface area contributed by atoms with Gasteiger partial charge in [0.15, 0.2) is 5.76 Å². The molecule has 5 heteroatoms. The molecule has 2 rings (SSSR count). The number of rotatable bonds is 4. The maximum Gasteiger partial charge on any atom is 0.291 e. The highest BCUT2D eigenvalue weighted by molar-refractivity contribution is 6.17. The lowest BCUT2D eigenvalue weighted by Crippen LogP contribution is -2.10. The molecule has 0 fully saturated rings. The number of furan rings is 1. The molecule has 0 unspecified atom stereocenters. The summed E-state index contributed by atoms with van der Waals surface area (Å²) in [7, 11) is 1.59. The fourth-order valence-corrected chi connectivity index (χ4v) is 1.90. The fourth-order valence-electron chi connectivity index (χ4n) is 1.63. The third-order valence-electron chi connectivity index (χ3n) is 2.74. The van der Waals surface area contributed by atoms with Gasteiger partial charge in [-0.05, 0) is 37.3 Å². The maximum absolute atomic E-state index is 12.0. The molecule has 1 N–H and O–H groups in total. The van der Waals surface area contributed by atoms with Crippen molar-refractivity contribution in [2.24, 2.45) is 0 Å². The summed E-state index contributed by atoms with van der Waals surface area (Å²) in [4.78, 5) is 12.0. The summed E-state index contributed by atoms with van der Waals surface area (Å²) < 4.78 is 10.4. The van der Waals surface area contributed by atoms with Gasteiger partial charge in [0, 0.05) is 11.3 Å². The molecule has 0 saturated carbocycles. The number of aryl methyl sites for hydroxylation is 1. The van der Waals surface area contributed by atoms with Crippen LogP contribution in [0.5, 0.6) is 5.75 Å². The second-order valence-electron chi connectivity index (χ2n) is 4.01. The van der Waals surface area contributed by atoms with Gasteiger partial charge in [-0.3, -0.25) is 4.79 Å². The van der Waals surface area contributed by atoms with Gasteiger partial charge in [0.2, 0.25) is 0 Å². The molecule has 0 saturated heterocycles. The second-order valence-corrected chi connectivity index (χ2v) is 4.28. The van der Waals surface area contributed by atoms with Crippen LogP contribution in [-0.4, -0.2) is 13.0 Å². The van der Waals surface area contributed by atoms with E-state index in [1.54, 1.807) is 44.4 Å². The van der Waals surface area contributed by atoms with Crippen LogP contribution in [0.15, 0.2) is 34.7 Å². The first-order valence-electron chi connectivity index (χ1n) is 5.74. The number of carbonyl (C=O) groups excluding carboxylic acids is 1. The SMILES string of the molecule is COc1ccc(NC(=O)c2cc(CCl)c(C)o2)cc1. The minimum absolute atomic E-state index is 0.254. The average Bonchev–Trinajstić information content (AvgIpc) is 2.81. The normalized spacial score (nSPS) is 10.3. The zero-order valence-electron chi connectivity index (χ0n) is 10.7. The van der Waals surface area contributed by atoms with Gasteiger partial charge in [0.25, 0.3) is 5.91 Å². The van der Waals surface area contributed by atoms with Crippen molar-refractivity contribution in [3.05, 3.63) is 47.4 Å². The summed E-state index contributed by atoms with van der Waals surface area (Å²) in [6.07, 6.45) is 0. The molecule has 1 heterocycles. The number of nitrogens with one attached hydrogen (secondary N) is 1. The van der Waals surface area contributed by atoms with Crippen molar-refractivity contribution in [3.8, 4) is 5.75 Å². The Kier molecular flexibility index (Phi) is 4.12. The smallest absolute Gasteiger partial charge is 0.291 e. The van der Waals surface area contributed by atoms with Crippen LogP contribution in [0.1, 0.15) is 21.9 Å². The van der Waals surface area contributed by atoms with Gasteiger partial charge in [-0.25, -0.2) is 0 Å². The van der Waals surface area contributed by atoms with Crippen molar-refractivity contribution < 1.29 is 13.9 Å². The number of methoxy groups -OCH3 is 1. The van der Waals surface area contributed by atoms with Crippen molar-refractivity contribution in [2.75, 3.05) is 12.4 Å². The zero-order chi connectivity index (χ0) is 13.8. The Hall–Kier alpha value is -1.94. The molecule has 0 aliphatic heterocycles. The van der Waals surface area contributed by atoms with Crippen molar-refractivity contribution >= 4 is 23.2 Å². The second kappa shape index (κ2) is 5.80. The van der Waals surface area contributed by atoms with Gasteiger partial charge in [-0.2, -0.15) is 0 Å². The summed E-state index contributed by atoms with van der Waals surface area (Å²) >= 11 is 5.74. The van der Waals surface area contributed by atoms with Crippen LogP contribution in [0.2, 0.25) is 0 Å². The van der Waals surface area contributed by atoms with E-state index in [0.29, 0.717) is 17.3 Å². The van der Waals surface area contributed by atoms with Gasteiger partial charge in [0.05, 0.1) is 13.0 Å². The first kappa shape index (κ1) is 13.5. The minimum Gasteiger partial charge on any atom is -0.497 e. The van der Waals surface area contributed by atoms with E-state index in [1.165, 1.54) is 0 Å². The molecule has 0 bridgehead atoms. The standard InChI is InChI=1S/C14H14ClNO3/c1-9-10(8-15)7-13(19-9)14(17)16-11-3-5-12(18-2)6-4-11/h3-7H,8H2,1-2H3,(H,16,17). The number of amides is 1. The third kappa shape index (κ3) is 3.09. The van der Waals surface area contributed by atoms with E-state index in [1.807, 2.05) is 0 Å². The number of halogens is 1. The Morgan fingerprint density at radius 3 is 2.58 bits per heavy atom. The summed E-state index contributed by atoms with van der Waals surface area (Å²) in [5.74, 6) is 1.67. The molecule has 0 spiro atoms. The Balaban J connectivity index is 2.11. The van der Waals surface area contributed by atoms with Crippen molar-refractivity contribution in [3.63, 3.8) is 0 Å².